The quantitative estimate of drug-likeness (QED) is 0.638. The number of nitriles is 1. The summed E-state index contributed by atoms with van der Waals surface area (Å²) in [6.07, 6.45) is 1.53. The Morgan fingerprint density at radius 2 is 1.86 bits per heavy atom. The van der Waals surface area contributed by atoms with Crippen molar-refractivity contribution in [2.75, 3.05) is 26.2 Å². The molecule has 1 fully saturated rings. The maximum Gasteiger partial charge on any atom is 0.309 e. The zero-order valence-corrected chi connectivity index (χ0v) is 17.6. The Morgan fingerprint density at radius 1 is 1.24 bits per heavy atom. The molecule has 1 aliphatic heterocycles. The molecule has 1 amide bonds. The number of piperidine rings is 1. The number of hydrogen-bond donors (Lipinski definition) is 1. The van der Waals surface area contributed by atoms with Crippen molar-refractivity contribution in [2.24, 2.45) is 11.8 Å². The van der Waals surface area contributed by atoms with Crippen molar-refractivity contribution in [3.8, 4) is 6.07 Å². The zero-order chi connectivity index (χ0) is 21.4. The topological polar surface area (TPSA) is 117 Å². The molecule has 0 aliphatic carbocycles. The number of ether oxygens (including phenoxy) is 1. The first-order valence-electron chi connectivity index (χ1n) is 9.67. The number of amides is 1. The predicted octanol–water partition coefficient (Wildman–Crippen LogP) is 1.66. The number of carbonyl (C=O) groups is 2. The Hall–Kier alpha value is -2.44. The third-order valence-corrected chi connectivity index (χ3v) is 6.71. The van der Waals surface area contributed by atoms with Crippen molar-refractivity contribution in [2.45, 2.75) is 38.0 Å². The molecule has 1 heterocycles. The van der Waals surface area contributed by atoms with Crippen LogP contribution in [0.5, 0.6) is 0 Å². The molecule has 8 nitrogen and oxygen atoms in total. The monoisotopic (exact) mass is 421 g/mol. The molecule has 2 rings (SSSR count). The summed E-state index contributed by atoms with van der Waals surface area (Å²) in [4.78, 5) is 24.0. The van der Waals surface area contributed by atoms with E-state index >= 15 is 0 Å². The van der Waals surface area contributed by atoms with Crippen LogP contribution < -0.4 is 5.32 Å². The number of rotatable bonds is 8. The van der Waals surface area contributed by atoms with Crippen molar-refractivity contribution in [3.05, 3.63) is 29.8 Å². The fourth-order valence-electron chi connectivity index (χ4n) is 2.99. The second-order valence-corrected chi connectivity index (χ2v) is 9.39. The minimum absolute atomic E-state index is 0.121. The summed E-state index contributed by atoms with van der Waals surface area (Å²) in [7, 11) is -3.67. The molecule has 0 saturated carbocycles. The summed E-state index contributed by atoms with van der Waals surface area (Å²) in [6.45, 7) is 4.73. The average molecular weight is 422 g/mol. The molecule has 0 bridgehead atoms. The molecule has 1 saturated heterocycles. The normalized spacial score (nSPS) is 15.7. The van der Waals surface area contributed by atoms with Gasteiger partial charge in [-0.15, -0.1) is 0 Å². The van der Waals surface area contributed by atoms with Crippen LogP contribution in [0.2, 0.25) is 0 Å². The molecule has 9 heteroatoms. The number of benzene rings is 1. The van der Waals surface area contributed by atoms with Crippen LogP contribution in [0.3, 0.4) is 0 Å². The van der Waals surface area contributed by atoms with Gasteiger partial charge in [0.2, 0.25) is 10.0 Å². The fourth-order valence-corrected chi connectivity index (χ4v) is 4.46. The van der Waals surface area contributed by atoms with Crippen LogP contribution in [-0.4, -0.2) is 50.8 Å². The first-order chi connectivity index (χ1) is 13.7. The van der Waals surface area contributed by atoms with Gasteiger partial charge >= 0.3 is 5.97 Å². The van der Waals surface area contributed by atoms with Gasteiger partial charge in [0.1, 0.15) is 0 Å². The average Bonchev–Trinajstić information content (AvgIpc) is 2.71. The van der Waals surface area contributed by atoms with Crippen LogP contribution in [0, 0.1) is 23.2 Å². The van der Waals surface area contributed by atoms with E-state index in [0.29, 0.717) is 30.9 Å². The summed E-state index contributed by atoms with van der Waals surface area (Å²) in [5.41, 5.74) is 0.388. The number of hydrogen-bond acceptors (Lipinski definition) is 6. The molecule has 158 valence electrons. The summed E-state index contributed by atoms with van der Waals surface area (Å²) < 4.78 is 31.8. The lowest BCUT2D eigenvalue weighted by Crippen LogP contribution is -2.41. The van der Waals surface area contributed by atoms with Gasteiger partial charge in [-0.2, -0.15) is 9.57 Å². The highest BCUT2D eigenvalue weighted by molar-refractivity contribution is 7.89. The summed E-state index contributed by atoms with van der Waals surface area (Å²) in [5, 5.41) is 11.5. The van der Waals surface area contributed by atoms with Crippen LogP contribution in [0.4, 0.5) is 0 Å². The number of nitrogens with one attached hydrogen (secondary N) is 1. The Morgan fingerprint density at radius 3 is 2.41 bits per heavy atom. The van der Waals surface area contributed by atoms with E-state index in [2.05, 4.69) is 19.2 Å². The summed E-state index contributed by atoms with van der Waals surface area (Å²) in [5.74, 6) is -0.756. The Balaban J connectivity index is 1.81. The number of sulfonamides is 1. The largest absolute Gasteiger partial charge is 0.455 e. The zero-order valence-electron chi connectivity index (χ0n) is 16.8. The number of carbonyl (C=O) groups excluding carboxylic acids is 2. The Kier molecular flexibility index (Phi) is 8.17. The second kappa shape index (κ2) is 10.4. The van der Waals surface area contributed by atoms with E-state index in [1.807, 2.05) is 6.07 Å². The van der Waals surface area contributed by atoms with Gasteiger partial charge in [-0.25, -0.2) is 8.42 Å². The highest BCUT2D eigenvalue weighted by Gasteiger charge is 2.33. The van der Waals surface area contributed by atoms with Gasteiger partial charge < -0.3 is 10.1 Å². The molecular weight excluding hydrogens is 394 g/mol. The first kappa shape index (κ1) is 22.8. The van der Waals surface area contributed by atoms with Crippen LogP contribution in [0.15, 0.2) is 29.2 Å². The lowest BCUT2D eigenvalue weighted by atomic mass is 9.98. The molecule has 29 heavy (non-hydrogen) atoms. The molecule has 0 atom stereocenters. The molecule has 0 unspecified atom stereocenters. The standard InChI is InChI=1S/C20H27N3O5S/c1-15(2)7-10-22-19(24)14-28-20(25)17-8-11-23(12-9-17)29(26,27)18-5-3-16(13-21)4-6-18/h3-6,15,17H,7-12,14H2,1-2H3,(H,22,24). The molecule has 1 aliphatic rings. The van der Waals surface area contributed by atoms with Gasteiger partial charge in [0.15, 0.2) is 6.61 Å². The van der Waals surface area contributed by atoms with E-state index in [1.165, 1.54) is 28.6 Å². The lowest BCUT2D eigenvalue weighted by Gasteiger charge is -2.30. The van der Waals surface area contributed by atoms with E-state index in [-0.39, 0.29) is 30.5 Å². The lowest BCUT2D eigenvalue weighted by molar-refractivity contribution is -0.153. The van der Waals surface area contributed by atoms with Crippen molar-refractivity contribution >= 4 is 21.9 Å². The third kappa shape index (κ3) is 6.54. The van der Waals surface area contributed by atoms with E-state index < -0.39 is 21.9 Å². The molecule has 1 N–H and O–H groups in total. The van der Waals surface area contributed by atoms with Gasteiger partial charge in [-0.1, -0.05) is 13.8 Å². The summed E-state index contributed by atoms with van der Waals surface area (Å²) in [6, 6.07) is 7.69. The molecule has 0 radical (unpaired) electrons. The highest BCUT2D eigenvalue weighted by Crippen LogP contribution is 2.24. The van der Waals surface area contributed by atoms with Gasteiger partial charge in [-0.3, -0.25) is 9.59 Å². The van der Waals surface area contributed by atoms with Crippen molar-refractivity contribution in [3.63, 3.8) is 0 Å². The second-order valence-electron chi connectivity index (χ2n) is 7.45. The van der Waals surface area contributed by atoms with Crippen molar-refractivity contribution in [1.29, 1.82) is 5.26 Å². The number of nitrogens with zero attached hydrogens (tertiary/aromatic N) is 2. The summed E-state index contributed by atoms with van der Waals surface area (Å²) >= 11 is 0. The van der Waals surface area contributed by atoms with Crippen LogP contribution in [0.25, 0.3) is 0 Å². The Bertz CT molecular complexity index is 851. The van der Waals surface area contributed by atoms with E-state index in [1.54, 1.807) is 0 Å². The van der Waals surface area contributed by atoms with Gasteiger partial charge in [0, 0.05) is 19.6 Å². The molecule has 0 aromatic heterocycles. The smallest absolute Gasteiger partial charge is 0.309 e. The molecule has 0 spiro atoms. The van der Waals surface area contributed by atoms with Crippen LogP contribution in [0.1, 0.15) is 38.7 Å². The van der Waals surface area contributed by atoms with Crippen LogP contribution >= 0.6 is 0 Å². The highest BCUT2D eigenvalue weighted by atomic mass is 32.2. The van der Waals surface area contributed by atoms with Gasteiger partial charge in [0.05, 0.1) is 22.4 Å². The third-order valence-electron chi connectivity index (χ3n) is 4.80. The minimum Gasteiger partial charge on any atom is -0.455 e. The van der Waals surface area contributed by atoms with Crippen molar-refractivity contribution in [1.82, 2.24) is 9.62 Å². The maximum absolute atomic E-state index is 12.7. The first-order valence-corrected chi connectivity index (χ1v) is 11.1. The fraction of sp³-hybridized carbons (Fsp3) is 0.550. The van der Waals surface area contributed by atoms with E-state index in [4.69, 9.17) is 10.00 Å². The molecule has 1 aromatic rings. The van der Waals surface area contributed by atoms with Crippen molar-refractivity contribution < 1.29 is 22.7 Å². The van der Waals surface area contributed by atoms with Gasteiger partial charge in [0.25, 0.3) is 5.91 Å². The maximum atomic E-state index is 12.7. The SMILES string of the molecule is CC(C)CCNC(=O)COC(=O)C1CCN(S(=O)(=O)c2ccc(C#N)cc2)CC1. The predicted molar refractivity (Wildman–Crippen MR) is 106 cm³/mol. The molecule has 1 aromatic carbocycles. The van der Waals surface area contributed by atoms with Crippen LogP contribution in [-0.2, 0) is 24.3 Å². The Labute approximate surface area is 171 Å². The van der Waals surface area contributed by atoms with E-state index in [9.17, 15) is 18.0 Å². The number of esters is 1. The van der Waals surface area contributed by atoms with E-state index in [0.717, 1.165) is 6.42 Å². The minimum atomic E-state index is -3.67. The molecular formula is C20H27N3O5S. The van der Waals surface area contributed by atoms with Gasteiger partial charge in [-0.05, 0) is 49.4 Å².